The molecule has 0 fully saturated rings. The summed E-state index contributed by atoms with van der Waals surface area (Å²) in [6.45, 7) is 3.13. The molecule has 4 heteroatoms. The first-order chi connectivity index (χ1) is 15.8. The molecule has 2 aromatic heterocycles. The second-order valence-corrected chi connectivity index (χ2v) is 7.93. The van der Waals surface area contributed by atoms with E-state index in [-0.39, 0.29) is 0 Å². The SMILES string of the molecule is CCn1c2ccccc2c2cc(Nc3cc(-c4cccc5ccccc45)ncn3)ccc21. The van der Waals surface area contributed by atoms with Crippen LogP contribution < -0.4 is 5.32 Å². The van der Waals surface area contributed by atoms with E-state index in [4.69, 9.17) is 0 Å². The molecule has 32 heavy (non-hydrogen) atoms. The lowest BCUT2D eigenvalue weighted by molar-refractivity contribution is 0.827. The molecule has 0 aliphatic heterocycles. The van der Waals surface area contributed by atoms with Crippen LogP contribution in [0, 0.1) is 0 Å². The second-order valence-electron chi connectivity index (χ2n) is 7.93. The van der Waals surface area contributed by atoms with Crippen LogP contribution in [0.5, 0.6) is 0 Å². The average molecular weight is 415 g/mol. The molecule has 4 aromatic carbocycles. The smallest absolute Gasteiger partial charge is 0.134 e. The second kappa shape index (κ2) is 7.50. The number of nitrogens with one attached hydrogen (secondary N) is 1. The first-order valence-corrected chi connectivity index (χ1v) is 10.9. The summed E-state index contributed by atoms with van der Waals surface area (Å²) in [5.74, 6) is 0.779. The summed E-state index contributed by atoms with van der Waals surface area (Å²) in [6.07, 6.45) is 1.63. The van der Waals surface area contributed by atoms with E-state index in [1.165, 1.54) is 32.6 Å². The molecule has 0 atom stereocenters. The number of rotatable bonds is 4. The van der Waals surface area contributed by atoms with E-state index >= 15 is 0 Å². The number of aromatic nitrogens is 3. The Kier molecular flexibility index (Phi) is 4.36. The molecule has 0 saturated carbocycles. The number of fused-ring (bicyclic) bond motifs is 4. The van der Waals surface area contributed by atoms with Crippen LogP contribution in [0.4, 0.5) is 11.5 Å². The van der Waals surface area contributed by atoms with Gasteiger partial charge in [-0.3, -0.25) is 0 Å². The molecular formula is C28H22N4. The van der Waals surface area contributed by atoms with Gasteiger partial charge in [0.2, 0.25) is 0 Å². The molecule has 0 saturated heterocycles. The first-order valence-electron chi connectivity index (χ1n) is 10.9. The fourth-order valence-electron chi connectivity index (χ4n) is 4.64. The minimum atomic E-state index is 0.779. The highest BCUT2D eigenvalue weighted by Gasteiger charge is 2.11. The van der Waals surface area contributed by atoms with Crippen LogP contribution >= 0.6 is 0 Å². The Morgan fingerprint density at radius 1 is 0.719 bits per heavy atom. The van der Waals surface area contributed by atoms with Crippen LogP contribution in [0.3, 0.4) is 0 Å². The van der Waals surface area contributed by atoms with Crippen molar-refractivity contribution in [2.45, 2.75) is 13.5 Å². The van der Waals surface area contributed by atoms with Crippen molar-refractivity contribution in [1.82, 2.24) is 14.5 Å². The van der Waals surface area contributed by atoms with Crippen LogP contribution in [-0.4, -0.2) is 14.5 Å². The van der Waals surface area contributed by atoms with Crippen LogP contribution in [0.1, 0.15) is 6.92 Å². The fourth-order valence-corrected chi connectivity index (χ4v) is 4.64. The third-order valence-corrected chi connectivity index (χ3v) is 6.09. The van der Waals surface area contributed by atoms with Crippen molar-refractivity contribution in [2.24, 2.45) is 0 Å². The third kappa shape index (κ3) is 3.00. The van der Waals surface area contributed by atoms with E-state index in [0.29, 0.717) is 0 Å². The molecule has 0 amide bonds. The van der Waals surface area contributed by atoms with Crippen LogP contribution in [0.25, 0.3) is 43.8 Å². The molecule has 2 heterocycles. The van der Waals surface area contributed by atoms with Gasteiger partial charge in [-0.25, -0.2) is 9.97 Å². The number of hydrogen-bond donors (Lipinski definition) is 1. The molecule has 0 radical (unpaired) electrons. The van der Waals surface area contributed by atoms with Gasteiger partial charge >= 0.3 is 0 Å². The van der Waals surface area contributed by atoms with E-state index in [0.717, 1.165) is 29.3 Å². The van der Waals surface area contributed by atoms with E-state index in [2.05, 4.69) is 112 Å². The maximum Gasteiger partial charge on any atom is 0.134 e. The summed E-state index contributed by atoms with van der Waals surface area (Å²) in [4.78, 5) is 9.03. The van der Waals surface area contributed by atoms with Gasteiger partial charge < -0.3 is 9.88 Å². The lowest BCUT2D eigenvalue weighted by atomic mass is 10.0. The van der Waals surface area contributed by atoms with E-state index < -0.39 is 0 Å². The molecular weight excluding hydrogens is 392 g/mol. The van der Waals surface area contributed by atoms with Gasteiger partial charge in [0.25, 0.3) is 0 Å². The number of para-hydroxylation sites is 1. The molecule has 0 spiro atoms. The zero-order chi connectivity index (χ0) is 21.5. The van der Waals surface area contributed by atoms with Crippen LogP contribution in [-0.2, 0) is 6.54 Å². The Hall–Kier alpha value is -4.18. The Bertz CT molecular complexity index is 1590. The minimum Gasteiger partial charge on any atom is -0.341 e. The molecule has 154 valence electrons. The van der Waals surface area contributed by atoms with Gasteiger partial charge in [-0.2, -0.15) is 0 Å². The molecule has 6 rings (SSSR count). The quantitative estimate of drug-likeness (QED) is 0.332. The summed E-state index contributed by atoms with van der Waals surface area (Å²) in [5, 5.41) is 8.40. The highest BCUT2D eigenvalue weighted by atomic mass is 15.0. The molecule has 0 aliphatic rings. The normalized spacial score (nSPS) is 11.4. The maximum atomic E-state index is 4.55. The van der Waals surface area contributed by atoms with Crippen LogP contribution in [0.15, 0.2) is 97.3 Å². The number of hydrogen-bond acceptors (Lipinski definition) is 3. The predicted molar refractivity (Wildman–Crippen MR) is 133 cm³/mol. The summed E-state index contributed by atoms with van der Waals surface area (Å²) < 4.78 is 2.36. The fraction of sp³-hybridized carbons (Fsp3) is 0.0714. The van der Waals surface area contributed by atoms with Crippen molar-refractivity contribution in [1.29, 1.82) is 0 Å². The van der Waals surface area contributed by atoms with Crippen molar-refractivity contribution in [2.75, 3.05) is 5.32 Å². The first kappa shape index (κ1) is 18.6. The van der Waals surface area contributed by atoms with Crippen molar-refractivity contribution in [3.8, 4) is 11.3 Å². The number of anilines is 2. The maximum absolute atomic E-state index is 4.55. The van der Waals surface area contributed by atoms with Crippen molar-refractivity contribution in [3.63, 3.8) is 0 Å². The molecule has 0 aliphatic carbocycles. The largest absolute Gasteiger partial charge is 0.341 e. The summed E-state index contributed by atoms with van der Waals surface area (Å²) >= 11 is 0. The molecule has 0 unspecified atom stereocenters. The lowest BCUT2D eigenvalue weighted by Gasteiger charge is -2.10. The van der Waals surface area contributed by atoms with Gasteiger partial charge in [0.15, 0.2) is 0 Å². The van der Waals surface area contributed by atoms with Gasteiger partial charge in [-0.1, -0.05) is 60.7 Å². The van der Waals surface area contributed by atoms with Gasteiger partial charge in [0.1, 0.15) is 12.1 Å². The Balaban J connectivity index is 1.41. The third-order valence-electron chi connectivity index (χ3n) is 6.09. The highest BCUT2D eigenvalue weighted by molar-refractivity contribution is 6.09. The predicted octanol–water partition coefficient (Wildman–Crippen LogP) is 7.17. The molecule has 0 bridgehead atoms. The van der Waals surface area contributed by atoms with E-state index in [1.54, 1.807) is 6.33 Å². The van der Waals surface area contributed by atoms with Gasteiger partial charge in [0.05, 0.1) is 5.69 Å². The molecule has 1 N–H and O–H groups in total. The minimum absolute atomic E-state index is 0.779. The van der Waals surface area contributed by atoms with Gasteiger partial charge in [-0.15, -0.1) is 0 Å². The summed E-state index contributed by atoms with van der Waals surface area (Å²) in [5.41, 5.74) is 5.54. The zero-order valence-corrected chi connectivity index (χ0v) is 17.8. The Morgan fingerprint density at radius 2 is 1.50 bits per heavy atom. The topological polar surface area (TPSA) is 42.7 Å². The van der Waals surface area contributed by atoms with E-state index in [9.17, 15) is 0 Å². The highest BCUT2D eigenvalue weighted by Crippen LogP contribution is 2.32. The standard InChI is InChI=1S/C28H22N4/c1-2-32-26-13-6-5-11-23(26)24-16-20(14-15-27(24)32)31-28-17-25(29-18-30-28)22-12-7-9-19-8-3-4-10-21(19)22/h3-18H,2H2,1H3,(H,29,30,31). The van der Waals surface area contributed by atoms with Crippen molar-refractivity contribution >= 4 is 44.1 Å². The number of benzene rings is 4. The monoisotopic (exact) mass is 414 g/mol. The van der Waals surface area contributed by atoms with Crippen molar-refractivity contribution in [3.05, 3.63) is 97.3 Å². The Labute approximate surface area is 186 Å². The Morgan fingerprint density at radius 3 is 2.41 bits per heavy atom. The summed E-state index contributed by atoms with van der Waals surface area (Å²) in [6, 6.07) is 31.8. The lowest BCUT2D eigenvalue weighted by Crippen LogP contribution is -1.96. The molecule has 6 aromatic rings. The molecule has 4 nitrogen and oxygen atoms in total. The number of nitrogens with zero attached hydrogens (tertiary/aromatic N) is 3. The zero-order valence-electron chi connectivity index (χ0n) is 17.8. The van der Waals surface area contributed by atoms with Gasteiger partial charge in [-0.05, 0) is 42.0 Å². The summed E-state index contributed by atoms with van der Waals surface area (Å²) in [7, 11) is 0. The number of aryl methyl sites for hydroxylation is 1. The van der Waals surface area contributed by atoms with E-state index in [1.807, 2.05) is 6.07 Å². The van der Waals surface area contributed by atoms with Crippen LogP contribution in [0.2, 0.25) is 0 Å². The van der Waals surface area contributed by atoms with Gasteiger partial charge in [0, 0.05) is 45.7 Å². The van der Waals surface area contributed by atoms with Crippen molar-refractivity contribution < 1.29 is 0 Å². The average Bonchev–Trinajstić information content (AvgIpc) is 3.17.